The number of anilines is 1. The van der Waals surface area contributed by atoms with Crippen molar-refractivity contribution in [3.63, 3.8) is 0 Å². The average molecular weight is 418 g/mol. The van der Waals surface area contributed by atoms with E-state index in [9.17, 15) is 4.79 Å². The van der Waals surface area contributed by atoms with E-state index in [1.165, 1.54) is 10.9 Å². The van der Waals surface area contributed by atoms with Gasteiger partial charge in [0.2, 0.25) is 0 Å². The van der Waals surface area contributed by atoms with Crippen molar-refractivity contribution in [3.8, 4) is 5.69 Å². The third-order valence-electron chi connectivity index (χ3n) is 3.85. The van der Waals surface area contributed by atoms with E-state index in [1.807, 2.05) is 12.1 Å². The van der Waals surface area contributed by atoms with Gasteiger partial charge in [-0.05, 0) is 54.6 Å². The fourth-order valence-electron chi connectivity index (χ4n) is 2.58. The van der Waals surface area contributed by atoms with E-state index in [2.05, 4.69) is 15.5 Å². The molecule has 0 saturated heterocycles. The van der Waals surface area contributed by atoms with Gasteiger partial charge < -0.3 is 5.32 Å². The lowest BCUT2D eigenvalue weighted by Gasteiger charge is -2.06. The molecule has 0 atom stereocenters. The summed E-state index contributed by atoms with van der Waals surface area (Å²) in [4.78, 5) is 14.0. The van der Waals surface area contributed by atoms with Crippen LogP contribution in [0.1, 0.15) is 10.4 Å². The van der Waals surface area contributed by atoms with Crippen molar-refractivity contribution >= 4 is 57.4 Å². The van der Waals surface area contributed by atoms with E-state index in [0.29, 0.717) is 32.3 Å². The molecule has 0 aliphatic rings. The number of amides is 1. The van der Waals surface area contributed by atoms with Crippen LogP contribution < -0.4 is 5.32 Å². The minimum atomic E-state index is -0.335. The van der Waals surface area contributed by atoms with E-state index in [4.69, 9.17) is 34.8 Å². The molecule has 1 N–H and O–H groups in total. The van der Waals surface area contributed by atoms with Gasteiger partial charge in [-0.3, -0.25) is 4.79 Å². The Morgan fingerprint density at radius 1 is 0.852 bits per heavy atom. The summed E-state index contributed by atoms with van der Waals surface area (Å²) in [6.45, 7) is 0. The first-order valence-electron chi connectivity index (χ1n) is 7.89. The van der Waals surface area contributed by atoms with Crippen molar-refractivity contribution in [1.29, 1.82) is 0 Å². The fraction of sp³-hybridized carbons (Fsp3) is 0. The Bertz CT molecular complexity index is 1170. The van der Waals surface area contributed by atoms with Crippen molar-refractivity contribution in [3.05, 3.63) is 81.3 Å². The minimum absolute atomic E-state index is 0.285. The van der Waals surface area contributed by atoms with E-state index >= 15 is 0 Å². The van der Waals surface area contributed by atoms with Gasteiger partial charge >= 0.3 is 0 Å². The second kappa shape index (κ2) is 7.19. The molecular formula is C19H11Cl3N4O. The normalized spacial score (nSPS) is 10.9. The van der Waals surface area contributed by atoms with Crippen LogP contribution in [0, 0.1) is 0 Å². The van der Waals surface area contributed by atoms with Crippen molar-refractivity contribution in [2.24, 2.45) is 0 Å². The summed E-state index contributed by atoms with van der Waals surface area (Å²) in [5.74, 6) is -0.335. The molecule has 0 aliphatic carbocycles. The van der Waals surface area contributed by atoms with Gasteiger partial charge in [0.05, 0.1) is 16.3 Å². The zero-order valence-electron chi connectivity index (χ0n) is 13.7. The summed E-state index contributed by atoms with van der Waals surface area (Å²) >= 11 is 18.0. The second-order valence-electron chi connectivity index (χ2n) is 5.75. The van der Waals surface area contributed by atoms with Gasteiger partial charge in [0.1, 0.15) is 11.0 Å². The van der Waals surface area contributed by atoms with Crippen LogP contribution in [0.2, 0.25) is 15.1 Å². The molecule has 1 heterocycles. The van der Waals surface area contributed by atoms with Crippen molar-refractivity contribution < 1.29 is 4.79 Å². The molecule has 0 saturated carbocycles. The monoisotopic (exact) mass is 416 g/mol. The Kier molecular flexibility index (Phi) is 4.74. The highest BCUT2D eigenvalue weighted by Crippen LogP contribution is 2.23. The lowest BCUT2D eigenvalue weighted by molar-refractivity contribution is 0.102. The molecule has 27 heavy (non-hydrogen) atoms. The molecular weight excluding hydrogens is 407 g/mol. The molecule has 0 bridgehead atoms. The third kappa shape index (κ3) is 3.76. The van der Waals surface area contributed by atoms with Crippen LogP contribution in [-0.2, 0) is 0 Å². The third-order valence-corrected chi connectivity index (χ3v) is 4.64. The van der Waals surface area contributed by atoms with E-state index < -0.39 is 0 Å². The highest BCUT2D eigenvalue weighted by Gasteiger charge is 2.12. The largest absolute Gasteiger partial charge is 0.322 e. The highest BCUT2D eigenvalue weighted by molar-refractivity contribution is 6.37. The zero-order valence-corrected chi connectivity index (χ0v) is 15.9. The minimum Gasteiger partial charge on any atom is -0.322 e. The van der Waals surface area contributed by atoms with E-state index in [0.717, 1.165) is 5.69 Å². The molecule has 8 heteroatoms. The Balaban J connectivity index is 1.62. The summed E-state index contributed by atoms with van der Waals surface area (Å²) in [7, 11) is 0. The number of rotatable bonds is 3. The lowest BCUT2D eigenvalue weighted by atomic mass is 10.2. The highest BCUT2D eigenvalue weighted by atomic mass is 35.5. The first kappa shape index (κ1) is 17.8. The Labute approximate surface area is 169 Å². The number of aromatic nitrogens is 3. The molecule has 3 aromatic carbocycles. The molecule has 0 unspecified atom stereocenters. The Morgan fingerprint density at radius 2 is 1.63 bits per heavy atom. The number of halogens is 3. The van der Waals surface area contributed by atoms with Crippen LogP contribution in [0.3, 0.4) is 0 Å². The van der Waals surface area contributed by atoms with Gasteiger partial charge in [0.15, 0.2) is 0 Å². The molecule has 5 nitrogen and oxygen atoms in total. The van der Waals surface area contributed by atoms with E-state index in [-0.39, 0.29) is 10.9 Å². The summed E-state index contributed by atoms with van der Waals surface area (Å²) in [6.07, 6.45) is 0. The van der Waals surface area contributed by atoms with Crippen molar-refractivity contribution in [2.45, 2.75) is 0 Å². The topological polar surface area (TPSA) is 59.8 Å². The van der Waals surface area contributed by atoms with Crippen LogP contribution in [0.25, 0.3) is 16.7 Å². The predicted molar refractivity (Wildman–Crippen MR) is 108 cm³/mol. The van der Waals surface area contributed by atoms with Crippen LogP contribution in [0.15, 0.2) is 60.7 Å². The predicted octanol–water partition coefficient (Wildman–Crippen LogP) is 5.63. The molecule has 4 aromatic rings. The first-order valence-corrected chi connectivity index (χ1v) is 9.02. The molecule has 0 spiro atoms. The van der Waals surface area contributed by atoms with Gasteiger partial charge in [-0.2, -0.15) is 4.80 Å². The summed E-state index contributed by atoms with van der Waals surface area (Å²) < 4.78 is 0. The number of carbonyl (C=O) groups is 1. The first-order chi connectivity index (χ1) is 13.0. The maximum atomic E-state index is 12.5. The number of hydrogen-bond donors (Lipinski definition) is 1. The fourth-order valence-corrected chi connectivity index (χ4v) is 3.26. The maximum Gasteiger partial charge on any atom is 0.257 e. The summed E-state index contributed by atoms with van der Waals surface area (Å²) in [5, 5.41) is 13.0. The standard InChI is InChI=1S/C19H11Cl3N4O/c20-11-2-1-3-14(8-11)26-24-17-7-5-13(10-18(17)25-26)23-19(27)15-6-4-12(21)9-16(15)22/h1-10H,(H,23,27). The number of nitrogens with zero attached hydrogens (tertiary/aromatic N) is 3. The van der Waals surface area contributed by atoms with E-state index in [1.54, 1.807) is 42.5 Å². The molecule has 1 amide bonds. The Hall–Kier alpha value is -2.60. The second-order valence-corrected chi connectivity index (χ2v) is 7.03. The van der Waals surface area contributed by atoms with Crippen molar-refractivity contribution in [2.75, 3.05) is 5.32 Å². The quantitative estimate of drug-likeness (QED) is 0.470. The smallest absolute Gasteiger partial charge is 0.257 e. The molecule has 0 fully saturated rings. The number of nitrogens with one attached hydrogen (secondary N) is 1. The number of benzene rings is 3. The Morgan fingerprint density at radius 3 is 2.41 bits per heavy atom. The van der Waals surface area contributed by atoms with Crippen LogP contribution in [-0.4, -0.2) is 20.9 Å². The number of carbonyl (C=O) groups excluding carboxylic acids is 1. The summed E-state index contributed by atoms with van der Waals surface area (Å²) in [5.41, 5.74) is 2.99. The molecule has 4 rings (SSSR count). The molecule has 134 valence electrons. The van der Waals surface area contributed by atoms with Crippen LogP contribution in [0.4, 0.5) is 5.69 Å². The van der Waals surface area contributed by atoms with Gasteiger partial charge in [0, 0.05) is 15.7 Å². The zero-order chi connectivity index (χ0) is 19.0. The van der Waals surface area contributed by atoms with Gasteiger partial charge in [-0.15, -0.1) is 10.2 Å². The molecule has 0 radical (unpaired) electrons. The SMILES string of the molecule is O=C(Nc1ccc2nn(-c3cccc(Cl)c3)nc2c1)c1ccc(Cl)cc1Cl. The summed E-state index contributed by atoms with van der Waals surface area (Å²) in [6, 6.07) is 17.2. The molecule has 0 aliphatic heterocycles. The maximum absolute atomic E-state index is 12.5. The molecule has 1 aromatic heterocycles. The van der Waals surface area contributed by atoms with Gasteiger partial charge in [0.25, 0.3) is 5.91 Å². The number of hydrogen-bond acceptors (Lipinski definition) is 3. The average Bonchev–Trinajstić information content (AvgIpc) is 3.05. The number of fused-ring (bicyclic) bond motifs is 1. The van der Waals surface area contributed by atoms with Crippen molar-refractivity contribution in [1.82, 2.24) is 15.0 Å². The van der Waals surface area contributed by atoms with Crippen LogP contribution >= 0.6 is 34.8 Å². The lowest BCUT2D eigenvalue weighted by Crippen LogP contribution is -2.12. The van der Waals surface area contributed by atoms with Gasteiger partial charge in [-0.25, -0.2) is 0 Å². The van der Waals surface area contributed by atoms with Gasteiger partial charge in [-0.1, -0.05) is 40.9 Å². The van der Waals surface area contributed by atoms with Crippen LogP contribution in [0.5, 0.6) is 0 Å².